The highest BCUT2D eigenvalue weighted by molar-refractivity contribution is 6.41. The fourth-order valence-corrected chi connectivity index (χ4v) is 2.94. The minimum absolute atomic E-state index is 0.187. The average Bonchev–Trinajstić information content (AvgIpc) is 2.81. The van der Waals surface area contributed by atoms with Crippen LogP contribution in [0.5, 0.6) is 0 Å². The van der Waals surface area contributed by atoms with Crippen molar-refractivity contribution in [1.29, 1.82) is 0 Å². The maximum Gasteiger partial charge on any atom is 0.197 e. The van der Waals surface area contributed by atoms with Crippen LogP contribution in [0.4, 0.5) is 0 Å². The Bertz CT molecular complexity index is 922. The fourth-order valence-electron chi connectivity index (χ4n) is 2.94. The lowest BCUT2D eigenvalue weighted by Gasteiger charge is -2.02. The topological polar surface area (TPSA) is 34.1 Å². The maximum absolute atomic E-state index is 12.5. The molecule has 2 heteroatoms. The molecule has 0 unspecified atom stereocenters. The van der Waals surface area contributed by atoms with Gasteiger partial charge in [0.15, 0.2) is 11.6 Å². The van der Waals surface area contributed by atoms with Crippen LogP contribution in [0.25, 0.3) is 16.8 Å². The molecule has 0 atom stereocenters. The van der Waals surface area contributed by atoms with Crippen LogP contribution in [0.15, 0.2) is 72.3 Å². The third kappa shape index (κ3) is 1.81. The fraction of sp³-hybridized carbons (Fsp3) is 0. The van der Waals surface area contributed by atoms with Crippen molar-refractivity contribution in [3.63, 3.8) is 0 Å². The molecule has 0 radical (unpaired) electrons. The Morgan fingerprint density at radius 1 is 0.636 bits per heavy atom. The van der Waals surface area contributed by atoms with E-state index in [1.165, 1.54) is 0 Å². The molecule has 1 aliphatic rings. The monoisotopic (exact) mass is 284 g/mol. The molecule has 0 bridgehead atoms. The predicted octanol–water partition coefficient (Wildman–Crippen LogP) is 4.30. The first-order valence-electron chi connectivity index (χ1n) is 7.13. The summed E-state index contributed by atoms with van der Waals surface area (Å²) in [6.07, 6.45) is 1.72. The summed E-state index contributed by atoms with van der Waals surface area (Å²) in [4.78, 5) is 24.9. The van der Waals surface area contributed by atoms with Gasteiger partial charge in [-0.1, -0.05) is 66.7 Å². The Hall–Kier alpha value is -3.00. The second-order valence-electron chi connectivity index (χ2n) is 5.33. The zero-order valence-corrected chi connectivity index (χ0v) is 11.7. The summed E-state index contributed by atoms with van der Waals surface area (Å²) < 4.78 is 0. The molecule has 0 aliphatic heterocycles. The number of hydrogen-bond donors (Lipinski definition) is 0. The van der Waals surface area contributed by atoms with E-state index in [0.29, 0.717) is 11.1 Å². The second kappa shape index (κ2) is 4.78. The molecule has 0 spiro atoms. The van der Waals surface area contributed by atoms with Gasteiger partial charge in [-0.15, -0.1) is 0 Å². The van der Waals surface area contributed by atoms with Crippen LogP contribution in [0.2, 0.25) is 0 Å². The normalized spacial score (nSPS) is 13.5. The highest BCUT2D eigenvalue weighted by Crippen LogP contribution is 2.29. The number of Topliss-reactive ketones (excluding diaryl/α,β-unsaturated/α-hetero) is 2. The van der Waals surface area contributed by atoms with Crippen molar-refractivity contribution in [3.05, 3.63) is 89.0 Å². The number of carbonyl (C=O) groups is 2. The zero-order chi connectivity index (χ0) is 15.1. The highest BCUT2D eigenvalue weighted by atomic mass is 16.2. The molecule has 0 aromatic heterocycles. The first-order valence-corrected chi connectivity index (χ1v) is 7.13. The van der Waals surface area contributed by atoms with Gasteiger partial charge in [-0.05, 0) is 22.4 Å². The third-order valence-electron chi connectivity index (χ3n) is 4.03. The molecule has 0 amide bonds. The second-order valence-corrected chi connectivity index (χ2v) is 5.33. The van der Waals surface area contributed by atoms with Gasteiger partial charge in [0, 0.05) is 11.1 Å². The van der Waals surface area contributed by atoms with Crippen molar-refractivity contribution in [3.8, 4) is 0 Å². The molecule has 4 rings (SSSR count). The van der Waals surface area contributed by atoms with E-state index >= 15 is 0 Å². The first kappa shape index (κ1) is 12.7. The van der Waals surface area contributed by atoms with Gasteiger partial charge in [-0.2, -0.15) is 0 Å². The van der Waals surface area contributed by atoms with Gasteiger partial charge in [0.2, 0.25) is 0 Å². The van der Waals surface area contributed by atoms with Crippen molar-refractivity contribution in [2.24, 2.45) is 0 Å². The number of hydrogen-bond acceptors (Lipinski definition) is 2. The van der Waals surface area contributed by atoms with Crippen LogP contribution in [-0.2, 0) is 0 Å². The molecule has 0 saturated heterocycles. The Morgan fingerprint density at radius 2 is 1.23 bits per heavy atom. The van der Waals surface area contributed by atoms with Crippen LogP contribution < -0.4 is 0 Å². The highest BCUT2D eigenvalue weighted by Gasteiger charge is 2.32. The number of rotatable bonds is 1. The van der Waals surface area contributed by atoms with Crippen molar-refractivity contribution >= 4 is 28.4 Å². The van der Waals surface area contributed by atoms with Gasteiger partial charge >= 0.3 is 0 Å². The quantitative estimate of drug-likeness (QED) is 0.493. The minimum Gasteiger partial charge on any atom is -0.288 e. The molecule has 104 valence electrons. The summed E-state index contributed by atoms with van der Waals surface area (Å²) in [5.74, 6) is -0.373. The molecule has 0 fully saturated rings. The minimum atomic E-state index is -0.187. The molecule has 0 heterocycles. The van der Waals surface area contributed by atoms with Gasteiger partial charge in [-0.25, -0.2) is 0 Å². The molecule has 3 aromatic rings. The van der Waals surface area contributed by atoms with Gasteiger partial charge < -0.3 is 0 Å². The molecular formula is C20H12O2. The molecular weight excluding hydrogens is 272 g/mol. The van der Waals surface area contributed by atoms with Gasteiger partial charge in [0.1, 0.15) is 0 Å². The Balaban J connectivity index is 1.91. The van der Waals surface area contributed by atoms with Crippen LogP contribution in [0.1, 0.15) is 26.3 Å². The molecule has 1 aliphatic carbocycles. The maximum atomic E-state index is 12.5. The van der Waals surface area contributed by atoms with Crippen LogP contribution in [0.3, 0.4) is 0 Å². The number of fused-ring (bicyclic) bond motifs is 2. The molecule has 2 nitrogen and oxygen atoms in total. The van der Waals surface area contributed by atoms with E-state index in [4.69, 9.17) is 0 Å². The van der Waals surface area contributed by atoms with E-state index in [0.717, 1.165) is 16.3 Å². The summed E-state index contributed by atoms with van der Waals surface area (Å²) in [6.45, 7) is 0. The van der Waals surface area contributed by atoms with E-state index < -0.39 is 0 Å². The van der Waals surface area contributed by atoms with E-state index in [1.807, 2.05) is 42.5 Å². The lowest BCUT2D eigenvalue weighted by atomic mass is 10.0. The SMILES string of the molecule is O=C1C(=Cc2cccc3ccccc23)C(=O)c2ccccc21. The summed E-state index contributed by atoms with van der Waals surface area (Å²) in [6, 6.07) is 20.8. The predicted molar refractivity (Wildman–Crippen MR) is 87.0 cm³/mol. The van der Waals surface area contributed by atoms with Crippen molar-refractivity contribution in [2.75, 3.05) is 0 Å². The van der Waals surface area contributed by atoms with E-state index in [-0.39, 0.29) is 17.1 Å². The van der Waals surface area contributed by atoms with Crippen LogP contribution in [-0.4, -0.2) is 11.6 Å². The number of carbonyl (C=O) groups excluding carboxylic acids is 2. The summed E-state index contributed by atoms with van der Waals surface area (Å²) >= 11 is 0. The first-order chi connectivity index (χ1) is 10.8. The Labute approximate surface area is 127 Å². The zero-order valence-electron chi connectivity index (χ0n) is 11.7. The van der Waals surface area contributed by atoms with Crippen molar-refractivity contribution in [1.82, 2.24) is 0 Å². The number of ketones is 2. The lowest BCUT2D eigenvalue weighted by molar-refractivity contribution is 0.0990. The largest absolute Gasteiger partial charge is 0.288 e. The van der Waals surface area contributed by atoms with E-state index in [1.54, 1.807) is 30.3 Å². The van der Waals surface area contributed by atoms with Gasteiger partial charge in [-0.3, -0.25) is 9.59 Å². The standard InChI is InChI=1S/C20H12O2/c21-19-16-10-3-4-11-17(16)20(22)18(19)12-14-8-5-7-13-6-1-2-9-15(13)14/h1-12H. The van der Waals surface area contributed by atoms with Gasteiger partial charge in [0.25, 0.3) is 0 Å². The van der Waals surface area contributed by atoms with E-state index in [2.05, 4.69) is 0 Å². The Morgan fingerprint density at radius 3 is 1.95 bits per heavy atom. The van der Waals surface area contributed by atoms with Gasteiger partial charge in [0.05, 0.1) is 5.57 Å². The summed E-state index contributed by atoms with van der Waals surface area (Å²) in [7, 11) is 0. The smallest absolute Gasteiger partial charge is 0.197 e. The number of allylic oxidation sites excluding steroid dienone is 1. The summed E-state index contributed by atoms with van der Waals surface area (Å²) in [5.41, 5.74) is 2.14. The molecule has 3 aromatic carbocycles. The number of benzene rings is 3. The molecule has 0 N–H and O–H groups in total. The van der Waals surface area contributed by atoms with Crippen LogP contribution in [0, 0.1) is 0 Å². The lowest BCUT2D eigenvalue weighted by Crippen LogP contribution is -2.00. The van der Waals surface area contributed by atoms with Crippen molar-refractivity contribution in [2.45, 2.75) is 0 Å². The van der Waals surface area contributed by atoms with Crippen molar-refractivity contribution < 1.29 is 9.59 Å². The summed E-state index contributed by atoms with van der Waals surface area (Å²) in [5, 5.41) is 2.13. The van der Waals surface area contributed by atoms with E-state index in [9.17, 15) is 9.59 Å². The third-order valence-corrected chi connectivity index (χ3v) is 4.03. The average molecular weight is 284 g/mol. The molecule has 0 saturated carbocycles. The Kier molecular flexibility index (Phi) is 2.76. The molecule has 22 heavy (non-hydrogen) atoms. The van der Waals surface area contributed by atoms with Crippen LogP contribution >= 0.6 is 0 Å².